The molecule has 2 aliphatic carbocycles. The Morgan fingerprint density at radius 1 is 1.06 bits per heavy atom. The maximum Gasteiger partial charge on any atom is 0.134 e. The second-order valence-electron chi connectivity index (χ2n) is 4.93. The largest absolute Gasteiger partial charge is 0.461 e. The number of rotatable bonds is 0. The minimum atomic E-state index is 0.521. The first-order chi connectivity index (χ1) is 8.43. The minimum absolute atomic E-state index is 0.521. The van der Waals surface area contributed by atoms with Gasteiger partial charge in [-0.15, -0.1) is 0 Å². The molecule has 1 heterocycles. The topological polar surface area (TPSA) is 13.1 Å². The first-order valence-electron chi connectivity index (χ1n) is 6.29. The Balaban J connectivity index is 1.99. The molecule has 1 heteroatoms. The van der Waals surface area contributed by atoms with Crippen LogP contribution in [0.3, 0.4) is 0 Å². The predicted molar refractivity (Wildman–Crippen MR) is 69.0 cm³/mol. The number of hydrogen-bond donors (Lipinski definition) is 0. The molecule has 0 bridgehead atoms. The van der Waals surface area contributed by atoms with Crippen LogP contribution in [-0.2, 0) is 6.42 Å². The van der Waals surface area contributed by atoms with Crippen molar-refractivity contribution >= 4 is 11.0 Å². The van der Waals surface area contributed by atoms with Gasteiger partial charge in [0.25, 0.3) is 0 Å². The van der Waals surface area contributed by atoms with Gasteiger partial charge in [0, 0.05) is 23.3 Å². The van der Waals surface area contributed by atoms with Crippen molar-refractivity contribution in [1.82, 2.24) is 0 Å². The number of benzene rings is 1. The number of para-hydroxylation sites is 1. The van der Waals surface area contributed by atoms with Crippen molar-refractivity contribution in [2.75, 3.05) is 0 Å². The highest BCUT2D eigenvalue weighted by atomic mass is 16.3. The summed E-state index contributed by atoms with van der Waals surface area (Å²) in [5, 5.41) is 1.30. The summed E-state index contributed by atoms with van der Waals surface area (Å²) in [7, 11) is 0. The van der Waals surface area contributed by atoms with Crippen molar-refractivity contribution in [1.29, 1.82) is 0 Å². The number of aryl methyl sites for hydroxylation is 1. The van der Waals surface area contributed by atoms with Gasteiger partial charge in [-0.05, 0) is 18.4 Å². The fourth-order valence-electron chi connectivity index (χ4n) is 3.20. The molecule has 1 aromatic carbocycles. The van der Waals surface area contributed by atoms with E-state index in [4.69, 9.17) is 4.42 Å². The first kappa shape index (κ1) is 9.29. The van der Waals surface area contributed by atoms with Gasteiger partial charge >= 0.3 is 0 Å². The van der Waals surface area contributed by atoms with Crippen LogP contribution in [0, 0.1) is 5.92 Å². The third-order valence-corrected chi connectivity index (χ3v) is 4.00. The second kappa shape index (κ2) is 3.36. The summed E-state index contributed by atoms with van der Waals surface area (Å²) in [6.45, 7) is 0. The van der Waals surface area contributed by atoms with Gasteiger partial charge in [-0.1, -0.05) is 42.5 Å². The Kier molecular flexibility index (Phi) is 1.84. The molecule has 2 unspecified atom stereocenters. The molecule has 0 spiro atoms. The molecule has 2 atom stereocenters. The molecular weight excluding hydrogens is 208 g/mol. The van der Waals surface area contributed by atoms with Gasteiger partial charge in [-0.25, -0.2) is 0 Å². The molecule has 2 aromatic rings. The SMILES string of the molecule is C1=CC2CCc3oc4ccccc4c3C2C=C1. The van der Waals surface area contributed by atoms with E-state index >= 15 is 0 Å². The van der Waals surface area contributed by atoms with Gasteiger partial charge in [0.1, 0.15) is 11.3 Å². The zero-order valence-electron chi connectivity index (χ0n) is 9.60. The van der Waals surface area contributed by atoms with Gasteiger partial charge in [0.2, 0.25) is 0 Å². The summed E-state index contributed by atoms with van der Waals surface area (Å²) >= 11 is 0. The zero-order chi connectivity index (χ0) is 11.2. The Morgan fingerprint density at radius 3 is 2.94 bits per heavy atom. The van der Waals surface area contributed by atoms with E-state index in [9.17, 15) is 0 Å². The lowest BCUT2D eigenvalue weighted by Gasteiger charge is -2.28. The van der Waals surface area contributed by atoms with Crippen molar-refractivity contribution in [3.05, 3.63) is 59.9 Å². The van der Waals surface area contributed by atoms with E-state index in [1.54, 1.807) is 0 Å². The lowest BCUT2D eigenvalue weighted by atomic mass is 9.75. The Morgan fingerprint density at radius 2 is 1.94 bits per heavy atom. The molecule has 0 aliphatic heterocycles. The highest BCUT2D eigenvalue weighted by molar-refractivity contribution is 5.83. The average Bonchev–Trinajstić information content (AvgIpc) is 2.77. The normalized spacial score (nSPS) is 25.9. The van der Waals surface area contributed by atoms with Gasteiger partial charge in [-0.3, -0.25) is 0 Å². The molecule has 0 radical (unpaired) electrons. The van der Waals surface area contributed by atoms with Gasteiger partial charge < -0.3 is 4.42 Å². The van der Waals surface area contributed by atoms with Gasteiger partial charge in [0.15, 0.2) is 0 Å². The molecule has 4 rings (SSSR count). The molecule has 17 heavy (non-hydrogen) atoms. The Bertz CT molecular complexity index is 630. The summed E-state index contributed by atoms with van der Waals surface area (Å²) in [6, 6.07) is 8.41. The lowest BCUT2D eigenvalue weighted by Crippen LogP contribution is -2.17. The summed E-state index contributed by atoms with van der Waals surface area (Å²) < 4.78 is 5.98. The average molecular weight is 222 g/mol. The minimum Gasteiger partial charge on any atom is -0.461 e. The summed E-state index contributed by atoms with van der Waals surface area (Å²) in [5.41, 5.74) is 2.47. The molecule has 0 amide bonds. The van der Waals surface area contributed by atoms with Crippen molar-refractivity contribution in [2.24, 2.45) is 5.92 Å². The van der Waals surface area contributed by atoms with Crippen LogP contribution in [0.15, 0.2) is 53.0 Å². The first-order valence-corrected chi connectivity index (χ1v) is 6.29. The van der Waals surface area contributed by atoms with E-state index < -0.39 is 0 Å². The van der Waals surface area contributed by atoms with Crippen LogP contribution < -0.4 is 0 Å². The van der Waals surface area contributed by atoms with Gasteiger partial charge in [-0.2, -0.15) is 0 Å². The number of hydrogen-bond acceptors (Lipinski definition) is 1. The van der Waals surface area contributed by atoms with E-state index in [1.165, 1.54) is 23.1 Å². The summed E-state index contributed by atoms with van der Waals surface area (Å²) in [4.78, 5) is 0. The summed E-state index contributed by atoms with van der Waals surface area (Å²) in [6.07, 6.45) is 11.3. The molecule has 0 saturated heterocycles. The monoisotopic (exact) mass is 222 g/mol. The van der Waals surface area contributed by atoms with E-state index in [0.717, 1.165) is 12.0 Å². The molecule has 1 nitrogen and oxygen atoms in total. The quantitative estimate of drug-likeness (QED) is 0.651. The van der Waals surface area contributed by atoms with Crippen LogP contribution in [0.2, 0.25) is 0 Å². The molecule has 0 saturated carbocycles. The Labute approximate surface area is 100 Å². The standard InChI is InChI=1S/C16H14O/c1-2-6-12-11(5-1)9-10-15-16(12)13-7-3-4-8-14(13)17-15/h1-8,11-12H,9-10H2. The molecule has 0 fully saturated rings. The predicted octanol–water partition coefficient (Wildman–Crippen LogP) is 4.20. The van der Waals surface area contributed by atoms with E-state index in [0.29, 0.717) is 11.8 Å². The van der Waals surface area contributed by atoms with Crippen molar-refractivity contribution in [3.8, 4) is 0 Å². The molecule has 84 valence electrons. The number of allylic oxidation sites excluding steroid dienone is 4. The summed E-state index contributed by atoms with van der Waals surface area (Å²) in [5.74, 6) is 2.38. The number of fused-ring (bicyclic) bond motifs is 5. The van der Waals surface area contributed by atoms with Crippen LogP contribution in [0.5, 0.6) is 0 Å². The highest BCUT2D eigenvalue weighted by Crippen LogP contribution is 2.44. The van der Waals surface area contributed by atoms with E-state index in [-0.39, 0.29) is 0 Å². The second-order valence-corrected chi connectivity index (χ2v) is 4.93. The highest BCUT2D eigenvalue weighted by Gasteiger charge is 2.31. The molecule has 0 N–H and O–H groups in total. The van der Waals surface area contributed by atoms with E-state index in [1.807, 2.05) is 6.07 Å². The zero-order valence-corrected chi connectivity index (χ0v) is 9.60. The van der Waals surface area contributed by atoms with Crippen LogP contribution in [0.25, 0.3) is 11.0 Å². The third-order valence-electron chi connectivity index (χ3n) is 4.00. The van der Waals surface area contributed by atoms with Crippen molar-refractivity contribution in [3.63, 3.8) is 0 Å². The molecular formula is C16H14O. The van der Waals surface area contributed by atoms with Crippen LogP contribution in [0.4, 0.5) is 0 Å². The van der Waals surface area contributed by atoms with Crippen molar-refractivity contribution < 1.29 is 4.42 Å². The maximum absolute atomic E-state index is 5.98. The lowest BCUT2D eigenvalue weighted by molar-refractivity contribution is 0.436. The third kappa shape index (κ3) is 1.25. The molecule has 2 aliphatic rings. The maximum atomic E-state index is 5.98. The fraction of sp³-hybridized carbons (Fsp3) is 0.250. The van der Waals surface area contributed by atoms with Crippen LogP contribution in [-0.4, -0.2) is 0 Å². The van der Waals surface area contributed by atoms with E-state index in [2.05, 4.69) is 42.5 Å². The smallest absolute Gasteiger partial charge is 0.134 e. The number of furan rings is 1. The fourth-order valence-corrected chi connectivity index (χ4v) is 3.20. The Hall–Kier alpha value is -1.76. The molecule has 1 aromatic heterocycles. The van der Waals surface area contributed by atoms with Crippen LogP contribution >= 0.6 is 0 Å². The van der Waals surface area contributed by atoms with Gasteiger partial charge in [0.05, 0.1) is 0 Å². The van der Waals surface area contributed by atoms with Crippen molar-refractivity contribution in [2.45, 2.75) is 18.8 Å². The van der Waals surface area contributed by atoms with Crippen LogP contribution in [0.1, 0.15) is 23.7 Å².